The highest BCUT2D eigenvalue weighted by molar-refractivity contribution is 5.99. The molecule has 7 nitrogen and oxygen atoms in total. The topological polar surface area (TPSA) is 84.3 Å². The maximum atomic E-state index is 12.8. The maximum Gasteiger partial charge on any atom is 0.254 e. The minimum atomic E-state index is -0.335. The smallest absolute Gasteiger partial charge is 0.254 e. The van der Waals surface area contributed by atoms with Crippen molar-refractivity contribution >= 4 is 18.2 Å². The van der Waals surface area contributed by atoms with E-state index in [4.69, 9.17) is 0 Å². The molecule has 1 aliphatic rings. The Labute approximate surface area is 182 Å². The molecular formula is C24H28N4O3. The molecule has 1 N–H and O–H groups in total. The number of fused-ring (bicyclic) bond motifs is 1. The number of nitrogens with one attached hydrogen (secondary N) is 1. The average Bonchev–Trinajstić information content (AvgIpc) is 3.26. The van der Waals surface area contributed by atoms with Crippen LogP contribution in [0.3, 0.4) is 0 Å². The molecule has 0 saturated carbocycles. The van der Waals surface area contributed by atoms with Gasteiger partial charge >= 0.3 is 0 Å². The number of hydrogen-bond acceptors (Lipinski definition) is 4. The van der Waals surface area contributed by atoms with E-state index in [0.717, 1.165) is 41.9 Å². The third-order valence-corrected chi connectivity index (χ3v) is 5.78. The summed E-state index contributed by atoms with van der Waals surface area (Å²) in [6, 6.07) is 5.54. The van der Waals surface area contributed by atoms with Gasteiger partial charge in [-0.1, -0.05) is 17.9 Å². The predicted octanol–water partition coefficient (Wildman–Crippen LogP) is 2.50. The molecule has 0 radical (unpaired) electrons. The van der Waals surface area contributed by atoms with Gasteiger partial charge in [0.2, 0.25) is 12.3 Å². The number of aryl methyl sites for hydroxylation is 2. The standard InChI is InChI=1S/C24H28N4O3/c1-17(12-13-23(30)26-16-29)28-15-21-19(9-7-10-20(21)24(28)31)8-5-4-6-11-22-25-14-18(2)27(22)3/h7,9-10,14,16-17H,4,6,11-13,15H2,1-3H3,(H,26,29,30). The van der Waals surface area contributed by atoms with Crippen molar-refractivity contribution < 1.29 is 14.4 Å². The lowest BCUT2D eigenvalue weighted by Crippen LogP contribution is -2.34. The van der Waals surface area contributed by atoms with Crippen molar-refractivity contribution in [2.45, 2.75) is 58.5 Å². The van der Waals surface area contributed by atoms with Gasteiger partial charge in [0.25, 0.3) is 5.91 Å². The van der Waals surface area contributed by atoms with E-state index in [1.807, 2.05) is 45.3 Å². The lowest BCUT2D eigenvalue weighted by Gasteiger charge is -2.24. The Hall–Kier alpha value is -3.40. The Morgan fingerprint density at radius 3 is 2.90 bits per heavy atom. The molecule has 2 aromatic rings. The summed E-state index contributed by atoms with van der Waals surface area (Å²) >= 11 is 0. The van der Waals surface area contributed by atoms with Gasteiger partial charge in [-0.3, -0.25) is 19.7 Å². The molecule has 31 heavy (non-hydrogen) atoms. The highest BCUT2D eigenvalue weighted by Gasteiger charge is 2.32. The fourth-order valence-corrected chi connectivity index (χ4v) is 3.73. The molecule has 1 atom stereocenters. The molecular weight excluding hydrogens is 392 g/mol. The van der Waals surface area contributed by atoms with E-state index in [1.165, 1.54) is 0 Å². The van der Waals surface area contributed by atoms with Crippen LogP contribution in [-0.2, 0) is 29.6 Å². The predicted molar refractivity (Wildman–Crippen MR) is 117 cm³/mol. The third-order valence-electron chi connectivity index (χ3n) is 5.78. The summed E-state index contributed by atoms with van der Waals surface area (Å²) in [5.74, 6) is 7.17. The molecule has 0 saturated heterocycles. The fourth-order valence-electron chi connectivity index (χ4n) is 3.73. The van der Waals surface area contributed by atoms with Crippen molar-refractivity contribution in [2.75, 3.05) is 0 Å². The summed E-state index contributed by atoms with van der Waals surface area (Å²) in [6.07, 6.45) is 5.52. The van der Waals surface area contributed by atoms with Gasteiger partial charge in [0.1, 0.15) is 5.82 Å². The molecule has 2 heterocycles. The molecule has 7 heteroatoms. The van der Waals surface area contributed by atoms with Gasteiger partial charge in [0.15, 0.2) is 0 Å². The first kappa shape index (κ1) is 22.3. The number of aromatic nitrogens is 2. The Morgan fingerprint density at radius 2 is 2.19 bits per heavy atom. The van der Waals surface area contributed by atoms with Crippen LogP contribution >= 0.6 is 0 Å². The second kappa shape index (κ2) is 10.1. The largest absolute Gasteiger partial charge is 0.335 e. The van der Waals surface area contributed by atoms with Gasteiger partial charge in [-0.25, -0.2) is 4.98 Å². The van der Waals surface area contributed by atoms with Crippen LogP contribution < -0.4 is 5.32 Å². The Morgan fingerprint density at radius 1 is 1.39 bits per heavy atom. The number of imide groups is 1. The number of unbranched alkanes of at least 4 members (excludes halogenated alkanes) is 1. The van der Waals surface area contributed by atoms with Crippen LogP contribution in [-0.4, -0.2) is 38.7 Å². The Bertz CT molecular complexity index is 1040. The lowest BCUT2D eigenvalue weighted by atomic mass is 10.0. The van der Waals surface area contributed by atoms with Crippen LogP contribution in [0.4, 0.5) is 0 Å². The van der Waals surface area contributed by atoms with Crippen LogP contribution in [0.1, 0.15) is 65.6 Å². The number of amides is 3. The van der Waals surface area contributed by atoms with E-state index in [9.17, 15) is 14.4 Å². The first-order chi connectivity index (χ1) is 14.9. The van der Waals surface area contributed by atoms with Crippen molar-refractivity contribution in [2.24, 2.45) is 7.05 Å². The molecule has 3 amide bonds. The van der Waals surface area contributed by atoms with Gasteiger partial charge in [-0.2, -0.15) is 0 Å². The molecule has 1 aromatic carbocycles. The normalized spacial score (nSPS) is 13.4. The number of imidazole rings is 1. The monoisotopic (exact) mass is 420 g/mol. The van der Waals surface area contributed by atoms with Crippen molar-refractivity contribution in [3.63, 3.8) is 0 Å². The Balaban J connectivity index is 1.60. The quantitative estimate of drug-likeness (QED) is 0.404. The summed E-state index contributed by atoms with van der Waals surface area (Å²) in [6.45, 7) is 4.45. The van der Waals surface area contributed by atoms with Gasteiger partial charge in [0, 0.05) is 61.9 Å². The molecule has 0 bridgehead atoms. The van der Waals surface area contributed by atoms with E-state index in [1.54, 1.807) is 4.90 Å². The maximum absolute atomic E-state index is 12.8. The molecule has 1 unspecified atom stereocenters. The zero-order valence-corrected chi connectivity index (χ0v) is 18.3. The number of rotatable bonds is 8. The molecule has 3 rings (SSSR count). The molecule has 1 aromatic heterocycles. The number of carbonyl (C=O) groups excluding carboxylic acids is 3. The van der Waals surface area contributed by atoms with Crippen molar-refractivity contribution in [1.29, 1.82) is 0 Å². The van der Waals surface area contributed by atoms with Crippen molar-refractivity contribution in [1.82, 2.24) is 19.8 Å². The molecule has 0 aliphatic carbocycles. The van der Waals surface area contributed by atoms with Gasteiger partial charge in [0.05, 0.1) is 0 Å². The van der Waals surface area contributed by atoms with Crippen LogP contribution in [0, 0.1) is 18.8 Å². The lowest BCUT2D eigenvalue weighted by molar-refractivity contribution is -0.125. The van der Waals surface area contributed by atoms with Gasteiger partial charge in [-0.05, 0) is 44.4 Å². The molecule has 0 spiro atoms. The fraction of sp³-hybridized carbons (Fsp3) is 0.417. The third kappa shape index (κ3) is 5.21. The van der Waals surface area contributed by atoms with E-state index < -0.39 is 0 Å². The minimum Gasteiger partial charge on any atom is -0.335 e. The van der Waals surface area contributed by atoms with E-state index in [2.05, 4.69) is 26.7 Å². The second-order valence-electron chi connectivity index (χ2n) is 7.87. The zero-order chi connectivity index (χ0) is 22.4. The van der Waals surface area contributed by atoms with Gasteiger partial charge < -0.3 is 9.47 Å². The van der Waals surface area contributed by atoms with Crippen molar-refractivity contribution in [3.05, 3.63) is 52.6 Å². The highest BCUT2D eigenvalue weighted by atomic mass is 16.2. The summed E-state index contributed by atoms with van der Waals surface area (Å²) < 4.78 is 2.10. The van der Waals surface area contributed by atoms with E-state index >= 15 is 0 Å². The van der Waals surface area contributed by atoms with Crippen LogP contribution in [0.15, 0.2) is 24.4 Å². The molecule has 1 aliphatic heterocycles. The zero-order valence-electron chi connectivity index (χ0n) is 18.3. The summed E-state index contributed by atoms with van der Waals surface area (Å²) in [7, 11) is 2.02. The van der Waals surface area contributed by atoms with Crippen LogP contribution in [0.5, 0.6) is 0 Å². The van der Waals surface area contributed by atoms with E-state index in [0.29, 0.717) is 24.9 Å². The van der Waals surface area contributed by atoms with Crippen LogP contribution in [0.2, 0.25) is 0 Å². The summed E-state index contributed by atoms with van der Waals surface area (Å²) in [4.78, 5) is 40.9. The van der Waals surface area contributed by atoms with Gasteiger partial charge in [-0.15, -0.1) is 0 Å². The SMILES string of the molecule is Cc1cnc(CCCC#Cc2cccc3c2CN(C(C)CCC(=O)NC=O)C3=O)n1C. The number of nitrogens with zero attached hydrogens (tertiary/aromatic N) is 3. The van der Waals surface area contributed by atoms with Crippen molar-refractivity contribution in [3.8, 4) is 11.8 Å². The minimum absolute atomic E-state index is 0.0351. The average molecular weight is 421 g/mol. The Kier molecular flexibility index (Phi) is 7.24. The second-order valence-corrected chi connectivity index (χ2v) is 7.87. The first-order valence-electron chi connectivity index (χ1n) is 10.5. The highest BCUT2D eigenvalue weighted by Crippen LogP contribution is 2.28. The summed E-state index contributed by atoms with van der Waals surface area (Å²) in [5, 5.41) is 2.13. The molecule has 162 valence electrons. The first-order valence-corrected chi connectivity index (χ1v) is 10.5. The number of benzene rings is 1. The number of hydrogen-bond donors (Lipinski definition) is 1. The molecule has 0 fully saturated rings. The number of carbonyl (C=O) groups is 3. The van der Waals surface area contributed by atoms with E-state index in [-0.39, 0.29) is 24.3 Å². The summed E-state index contributed by atoms with van der Waals surface area (Å²) in [5.41, 5.74) is 3.66. The van der Waals surface area contributed by atoms with Crippen LogP contribution in [0.25, 0.3) is 0 Å².